The summed E-state index contributed by atoms with van der Waals surface area (Å²) in [6.45, 7) is 5.02. The fourth-order valence-corrected chi connectivity index (χ4v) is 4.49. The van der Waals surface area contributed by atoms with E-state index in [1.165, 1.54) is 38.5 Å². The van der Waals surface area contributed by atoms with Crippen LogP contribution in [-0.2, 0) is 9.47 Å². The second kappa shape index (κ2) is 3.48. The molecule has 2 aliphatic heterocycles. The van der Waals surface area contributed by atoms with Gasteiger partial charge in [-0.25, -0.2) is 0 Å². The minimum Gasteiger partial charge on any atom is -0.370 e. The van der Waals surface area contributed by atoms with Crippen LogP contribution in [0.4, 0.5) is 0 Å². The molecular weight excluding hydrogens is 212 g/mol. The van der Waals surface area contributed by atoms with E-state index in [0.29, 0.717) is 29.8 Å². The molecule has 2 heterocycles. The van der Waals surface area contributed by atoms with Gasteiger partial charge in [-0.3, -0.25) is 0 Å². The Morgan fingerprint density at radius 3 is 1.59 bits per heavy atom. The van der Waals surface area contributed by atoms with Crippen LogP contribution in [0.2, 0.25) is 0 Å². The molecule has 0 bridgehead atoms. The van der Waals surface area contributed by atoms with Crippen LogP contribution in [0.25, 0.3) is 0 Å². The van der Waals surface area contributed by atoms with E-state index in [0.717, 1.165) is 11.8 Å². The van der Waals surface area contributed by atoms with E-state index in [1.807, 2.05) is 0 Å². The molecular formula is C15H24O2. The third-order valence-corrected chi connectivity index (χ3v) is 6.11. The SMILES string of the molecule is CC(C)([C@@H]1CC[C@@H]2O[C@@H]2C1)[C@H]1CC[C@H]2O[C@@H]2C1. The van der Waals surface area contributed by atoms with Gasteiger partial charge in [-0.15, -0.1) is 0 Å². The summed E-state index contributed by atoms with van der Waals surface area (Å²) in [6, 6.07) is 0. The van der Waals surface area contributed by atoms with E-state index in [-0.39, 0.29) is 0 Å². The Morgan fingerprint density at radius 1 is 0.706 bits per heavy atom. The average Bonchev–Trinajstić information content (AvgIpc) is 3.21. The molecule has 2 nitrogen and oxygen atoms in total. The van der Waals surface area contributed by atoms with Crippen molar-refractivity contribution in [2.24, 2.45) is 17.3 Å². The van der Waals surface area contributed by atoms with Crippen molar-refractivity contribution >= 4 is 0 Å². The van der Waals surface area contributed by atoms with Crippen molar-refractivity contribution in [2.45, 2.75) is 76.8 Å². The molecule has 0 aromatic heterocycles. The topological polar surface area (TPSA) is 25.1 Å². The van der Waals surface area contributed by atoms with Gasteiger partial charge >= 0.3 is 0 Å². The fraction of sp³-hybridized carbons (Fsp3) is 1.00. The van der Waals surface area contributed by atoms with Crippen LogP contribution in [-0.4, -0.2) is 24.4 Å². The molecule has 0 N–H and O–H groups in total. The van der Waals surface area contributed by atoms with E-state index in [2.05, 4.69) is 13.8 Å². The van der Waals surface area contributed by atoms with Gasteiger partial charge in [0, 0.05) is 0 Å². The maximum Gasteiger partial charge on any atom is 0.0844 e. The Morgan fingerprint density at radius 2 is 1.18 bits per heavy atom. The van der Waals surface area contributed by atoms with Crippen LogP contribution in [0.1, 0.15) is 52.4 Å². The predicted octanol–water partition coefficient (Wildman–Crippen LogP) is 3.15. The highest BCUT2D eigenvalue weighted by atomic mass is 16.6. The summed E-state index contributed by atoms with van der Waals surface area (Å²) in [7, 11) is 0. The number of hydrogen-bond acceptors (Lipinski definition) is 2. The van der Waals surface area contributed by atoms with Gasteiger partial charge in [-0.1, -0.05) is 13.8 Å². The summed E-state index contributed by atoms with van der Waals surface area (Å²) in [5, 5.41) is 0. The zero-order valence-electron chi connectivity index (χ0n) is 11.0. The maximum absolute atomic E-state index is 5.70. The summed E-state index contributed by atoms with van der Waals surface area (Å²) in [5.74, 6) is 1.76. The van der Waals surface area contributed by atoms with Crippen molar-refractivity contribution in [2.75, 3.05) is 0 Å². The standard InChI is InChI=1S/C15H24O2/c1-15(2,9-3-5-11-13(7-9)16-11)10-4-6-12-14(8-10)17-12/h9-14H,3-8H2,1-2H3/t9-,10+,11+,12-,13-,14-/m1/s1. The molecule has 4 rings (SSSR count). The van der Waals surface area contributed by atoms with E-state index in [4.69, 9.17) is 9.47 Å². The number of rotatable bonds is 2. The van der Waals surface area contributed by atoms with E-state index >= 15 is 0 Å². The second-order valence-corrected chi connectivity index (χ2v) is 7.27. The lowest BCUT2D eigenvalue weighted by molar-refractivity contribution is 0.0678. The molecule has 4 aliphatic rings. The quantitative estimate of drug-likeness (QED) is 0.688. The largest absolute Gasteiger partial charge is 0.370 e. The summed E-state index contributed by atoms with van der Waals surface area (Å²) >= 11 is 0. The van der Waals surface area contributed by atoms with Gasteiger partial charge in [-0.05, 0) is 55.8 Å². The number of epoxide rings is 2. The highest BCUT2D eigenvalue weighted by Gasteiger charge is 2.52. The van der Waals surface area contributed by atoms with Crippen LogP contribution in [0.5, 0.6) is 0 Å². The first-order valence-electron chi connectivity index (χ1n) is 7.45. The molecule has 0 radical (unpaired) electrons. The minimum atomic E-state index is 0.494. The molecule has 6 atom stereocenters. The monoisotopic (exact) mass is 236 g/mol. The highest BCUT2D eigenvalue weighted by molar-refractivity contribution is 5.01. The molecule has 0 amide bonds. The normalized spacial score (nSPS) is 52.6. The van der Waals surface area contributed by atoms with Gasteiger partial charge in [-0.2, -0.15) is 0 Å². The van der Waals surface area contributed by atoms with Crippen LogP contribution in [0.15, 0.2) is 0 Å². The van der Waals surface area contributed by atoms with E-state index in [1.54, 1.807) is 0 Å². The summed E-state index contributed by atoms with van der Waals surface area (Å²) < 4.78 is 11.4. The molecule has 4 fully saturated rings. The molecule has 2 heteroatoms. The molecule has 96 valence electrons. The Hall–Kier alpha value is -0.0800. The Labute approximate surface area is 104 Å². The lowest BCUT2D eigenvalue weighted by atomic mass is 9.61. The molecule has 0 unspecified atom stereocenters. The molecule has 0 aromatic carbocycles. The van der Waals surface area contributed by atoms with Gasteiger partial charge in [0.2, 0.25) is 0 Å². The first kappa shape index (κ1) is 10.8. The summed E-state index contributed by atoms with van der Waals surface area (Å²) in [6.07, 6.45) is 10.6. The smallest absolute Gasteiger partial charge is 0.0844 e. The van der Waals surface area contributed by atoms with Crippen molar-refractivity contribution in [3.05, 3.63) is 0 Å². The molecule has 2 saturated heterocycles. The number of fused-ring (bicyclic) bond motifs is 2. The second-order valence-electron chi connectivity index (χ2n) is 7.27. The lowest BCUT2D eigenvalue weighted by Gasteiger charge is -2.43. The number of hydrogen-bond donors (Lipinski definition) is 0. The van der Waals surface area contributed by atoms with E-state index < -0.39 is 0 Å². The molecule has 0 spiro atoms. The van der Waals surface area contributed by atoms with Gasteiger partial charge < -0.3 is 9.47 Å². The Bertz CT molecular complexity index is 295. The fourth-order valence-electron chi connectivity index (χ4n) is 4.49. The van der Waals surface area contributed by atoms with Gasteiger partial charge in [0.25, 0.3) is 0 Å². The third-order valence-electron chi connectivity index (χ3n) is 6.11. The van der Waals surface area contributed by atoms with Crippen LogP contribution in [0, 0.1) is 17.3 Å². The van der Waals surface area contributed by atoms with Crippen molar-refractivity contribution < 1.29 is 9.47 Å². The van der Waals surface area contributed by atoms with Gasteiger partial charge in [0.05, 0.1) is 24.4 Å². The molecule has 17 heavy (non-hydrogen) atoms. The van der Waals surface area contributed by atoms with Crippen LogP contribution < -0.4 is 0 Å². The van der Waals surface area contributed by atoms with Crippen molar-refractivity contribution in [1.29, 1.82) is 0 Å². The van der Waals surface area contributed by atoms with E-state index in [9.17, 15) is 0 Å². The number of ether oxygens (including phenoxy) is 2. The maximum atomic E-state index is 5.70. The van der Waals surface area contributed by atoms with Crippen molar-refractivity contribution in [1.82, 2.24) is 0 Å². The van der Waals surface area contributed by atoms with Gasteiger partial charge in [0.15, 0.2) is 0 Å². The average molecular weight is 236 g/mol. The highest BCUT2D eigenvalue weighted by Crippen LogP contribution is 2.54. The first-order chi connectivity index (χ1) is 8.14. The minimum absolute atomic E-state index is 0.494. The van der Waals surface area contributed by atoms with Crippen molar-refractivity contribution in [3.8, 4) is 0 Å². The predicted molar refractivity (Wildman–Crippen MR) is 65.8 cm³/mol. The Balaban J connectivity index is 1.45. The van der Waals surface area contributed by atoms with Gasteiger partial charge in [0.1, 0.15) is 0 Å². The molecule has 0 aromatic rings. The first-order valence-corrected chi connectivity index (χ1v) is 7.45. The Kier molecular flexibility index (Phi) is 2.21. The van der Waals surface area contributed by atoms with Crippen LogP contribution in [0.3, 0.4) is 0 Å². The summed E-state index contributed by atoms with van der Waals surface area (Å²) in [4.78, 5) is 0. The zero-order chi connectivity index (χ0) is 11.6. The van der Waals surface area contributed by atoms with Crippen molar-refractivity contribution in [3.63, 3.8) is 0 Å². The van der Waals surface area contributed by atoms with Crippen LogP contribution >= 0.6 is 0 Å². The summed E-state index contributed by atoms with van der Waals surface area (Å²) in [5.41, 5.74) is 0.494. The zero-order valence-corrected chi connectivity index (χ0v) is 11.0. The third kappa shape index (κ3) is 1.76. The lowest BCUT2D eigenvalue weighted by Crippen LogP contribution is -2.37. The molecule has 2 saturated carbocycles. The molecule has 2 aliphatic carbocycles.